The Bertz CT molecular complexity index is 827. The maximum atomic E-state index is 6.00. The number of nitrogens with zero attached hydrogens (tertiary/aromatic N) is 1. The summed E-state index contributed by atoms with van der Waals surface area (Å²) in [5.41, 5.74) is 3.28. The number of anilines is 1. The lowest BCUT2D eigenvalue weighted by Gasteiger charge is -2.22. The van der Waals surface area contributed by atoms with E-state index in [1.54, 1.807) is 14.2 Å². The van der Waals surface area contributed by atoms with Crippen molar-refractivity contribution in [3.63, 3.8) is 0 Å². The van der Waals surface area contributed by atoms with Gasteiger partial charge in [0.15, 0.2) is 5.96 Å². The van der Waals surface area contributed by atoms with Crippen molar-refractivity contribution in [2.45, 2.75) is 38.5 Å². The van der Waals surface area contributed by atoms with Gasteiger partial charge in [0.05, 0.1) is 19.3 Å². The average molecular weight is 569 g/mol. The summed E-state index contributed by atoms with van der Waals surface area (Å²) in [5.74, 6) is 1.52. The smallest absolute Gasteiger partial charge is 0.195 e. The number of benzene rings is 2. The topological polar surface area (TPSA) is 73.3 Å². The number of methoxy groups -OCH3 is 1. The number of ether oxygens (including phenoxy) is 4. The quantitative estimate of drug-likeness (QED) is 0.178. The Morgan fingerprint density at radius 1 is 1.06 bits per heavy atom. The van der Waals surface area contributed by atoms with E-state index in [9.17, 15) is 0 Å². The summed E-state index contributed by atoms with van der Waals surface area (Å²) < 4.78 is 22.2. The van der Waals surface area contributed by atoms with Gasteiger partial charge in [-0.05, 0) is 36.1 Å². The number of rotatable bonds is 11. The van der Waals surface area contributed by atoms with Gasteiger partial charge in [0.25, 0.3) is 0 Å². The maximum absolute atomic E-state index is 6.00. The van der Waals surface area contributed by atoms with Crippen LogP contribution in [0.3, 0.4) is 0 Å². The Kier molecular flexibility index (Phi) is 13.2. The first kappa shape index (κ1) is 27.4. The number of nitrogens with one attached hydrogen (secondary N) is 2. The minimum Gasteiger partial charge on any atom is -0.493 e. The molecule has 1 fully saturated rings. The SMILES string of the molecule is CN=C(NCc1ccc(COC2CCOCC2)cc1)Nc1cccc(OCCCOC)c1.I. The van der Waals surface area contributed by atoms with Gasteiger partial charge in [-0.2, -0.15) is 0 Å². The van der Waals surface area contributed by atoms with E-state index in [1.807, 2.05) is 24.3 Å². The van der Waals surface area contributed by atoms with Gasteiger partial charge in [-0.25, -0.2) is 0 Å². The first-order valence-corrected chi connectivity index (χ1v) is 11.2. The highest BCUT2D eigenvalue weighted by Gasteiger charge is 2.13. The normalized spacial score (nSPS) is 14.4. The number of guanidine groups is 1. The van der Waals surface area contributed by atoms with E-state index < -0.39 is 0 Å². The van der Waals surface area contributed by atoms with Gasteiger partial charge in [-0.1, -0.05) is 30.3 Å². The third-order valence-electron chi connectivity index (χ3n) is 5.22. The Morgan fingerprint density at radius 3 is 2.55 bits per heavy atom. The average Bonchev–Trinajstić information content (AvgIpc) is 2.85. The molecule has 0 amide bonds. The largest absolute Gasteiger partial charge is 0.493 e. The fourth-order valence-corrected chi connectivity index (χ4v) is 3.37. The van der Waals surface area contributed by atoms with E-state index in [2.05, 4.69) is 39.9 Å². The van der Waals surface area contributed by atoms with E-state index in [0.29, 0.717) is 38.4 Å². The second-order valence-electron chi connectivity index (χ2n) is 7.71. The molecular weight excluding hydrogens is 533 g/mol. The molecule has 1 saturated heterocycles. The first-order valence-electron chi connectivity index (χ1n) is 11.2. The summed E-state index contributed by atoms with van der Waals surface area (Å²) in [6.07, 6.45) is 3.14. The van der Waals surface area contributed by atoms with Gasteiger partial charge in [-0.3, -0.25) is 4.99 Å². The summed E-state index contributed by atoms with van der Waals surface area (Å²) >= 11 is 0. The van der Waals surface area contributed by atoms with E-state index in [0.717, 1.165) is 43.9 Å². The predicted molar refractivity (Wildman–Crippen MR) is 143 cm³/mol. The van der Waals surface area contributed by atoms with Crippen molar-refractivity contribution in [2.75, 3.05) is 45.9 Å². The fourth-order valence-electron chi connectivity index (χ4n) is 3.37. The summed E-state index contributed by atoms with van der Waals surface area (Å²) in [6, 6.07) is 16.3. The third-order valence-corrected chi connectivity index (χ3v) is 5.22. The van der Waals surface area contributed by atoms with Crippen molar-refractivity contribution >= 4 is 35.6 Å². The first-order chi connectivity index (χ1) is 15.8. The van der Waals surface area contributed by atoms with Crippen molar-refractivity contribution < 1.29 is 18.9 Å². The van der Waals surface area contributed by atoms with Gasteiger partial charge in [0, 0.05) is 58.7 Å². The molecule has 0 bridgehead atoms. The predicted octanol–water partition coefficient (Wildman–Crippen LogP) is 4.60. The summed E-state index contributed by atoms with van der Waals surface area (Å²) in [6.45, 7) is 4.24. The Hall–Kier alpha value is -1.88. The Morgan fingerprint density at radius 2 is 1.82 bits per heavy atom. The van der Waals surface area contributed by atoms with Crippen LogP contribution in [0.25, 0.3) is 0 Å². The molecule has 3 rings (SSSR count). The van der Waals surface area contributed by atoms with Gasteiger partial charge in [-0.15, -0.1) is 24.0 Å². The monoisotopic (exact) mass is 569 g/mol. The Labute approximate surface area is 214 Å². The highest BCUT2D eigenvalue weighted by molar-refractivity contribution is 14.0. The van der Waals surface area contributed by atoms with Crippen LogP contribution in [0.15, 0.2) is 53.5 Å². The van der Waals surface area contributed by atoms with Crippen molar-refractivity contribution in [2.24, 2.45) is 4.99 Å². The second kappa shape index (κ2) is 15.9. The van der Waals surface area contributed by atoms with Crippen LogP contribution < -0.4 is 15.4 Å². The summed E-state index contributed by atoms with van der Waals surface area (Å²) in [4.78, 5) is 4.32. The van der Waals surface area contributed by atoms with Crippen molar-refractivity contribution in [1.29, 1.82) is 0 Å². The number of halogens is 1. The highest BCUT2D eigenvalue weighted by Crippen LogP contribution is 2.18. The Balaban J connectivity index is 0.00000385. The number of hydrogen-bond donors (Lipinski definition) is 2. The van der Waals surface area contributed by atoms with Crippen LogP contribution in [0.1, 0.15) is 30.4 Å². The molecule has 7 nitrogen and oxygen atoms in total. The number of hydrogen-bond acceptors (Lipinski definition) is 5. The van der Waals surface area contributed by atoms with Crippen LogP contribution >= 0.6 is 24.0 Å². The van der Waals surface area contributed by atoms with E-state index >= 15 is 0 Å². The molecule has 0 radical (unpaired) electrons. The van der Waals surface area contributed by atoms with Crippen LogP contribution in [-0.2, 0) is 27.4 Å². The molecule has 0 unspecified atom stereocenters. The molecule has 0 atom stereocenters. The minimum absolute atomic E-state index is 0. The molecular formula is C25H36IN3O4. The van der Waals surface area contributed by atoms with Crippen LogP contribution in [0.5, 0.6) is 5.75 Å². The molecule has 0 saturated carbocycles. The van der Waals surface area contributed by atoms with Crippen LogP contribution in [0, 0.1) is 0 Å². The molecule has 0 aliphatic carbocycles. The van der Waals surface area contributed by atoms with Crippen LogP contribution in [-0.4, -0.2) is 52.6 Å². The molecule has 1 aliphatic rings. The molecule has 0 spiro atoms. The molecule has 0 aromatic heterocycles. The van der Waals surface area contributed by atoms with Crippen molar-refractivity contribution in [1.82, 2.24) is 5.32 Å². The zero-order chi connectivity index (χ0) is 22.4. The van der Waals surface area contributed by atoms with Crippen molar-refractivity contribution in [3.8, 4) is 5.75 Å². The lowest BCUT2D eigenvalue weighted by atomic mass is 10.1. The minimum atomic E-state index is 0. The van der Waals surface area contributed by atoms with E-state index in [4.69, 9.17) is 18.9 Å². The van der Waals surface area contributed by atoms with Crippen molar-refractivity contribution in [3.05, 3.63) is 59.7 Å². The van der Waals surface area contributed by atoms with Gasteiger partial charge in [0.2, 0.25) is 0 Å². The molecule has 1 heterocycles. The zero-order valence-electron chi connectivity index (χ0n) is 19.5. The molecule has 182 valence electrons. The van der Waals surface area contributed by atoms with Crippen LogP contribution in [0.2, 0.25) is 0 Å². The molecule has 1 aliphatic heterocycles. The lowest BCUT2D eigenvalue weighted by Crippen LogP contribution is -2.30. The van der Waals surface area contributed by atoms with E-state index in [-0.39, 0.29) is 24.0 Å². The van der Waals surface area contributed by atoms with Gasteiger partial charge < -0.3 is 29.6 Å². The summed E-state index contributed by atoms with van der Waals surface area (Å²) in [5, 5.41) is 6.67. The standard InChI is InChI=1S/C25H35N3O4.HI/c1-26-25(28-22-5-3-6-24(17-22)31-14-4-13-29-2)27-18-20-7-9-21(10-8-20)19-32-23-11-15-30-16-12-23;/h3,5-10,17,23H,4,11-16,18-19H2,1-2H3,(H2,26,27,28);1H. The third kappa shape index (κ3) is 10.3. The molecule has 2 N–H and O–H groups in total. The molecule has 8 heteroatoms. The fraction of sp³-hybridized carbons (Fsp3) is 0.480. The number of aliphatic imine (C=N–C) groups is 1. The van der Waals surface area contributed by atoms with E-state index in [1.165, 1.54) is 11.1 Å². The molecule has 33 heavy (non-hydrogen) atoms. The highest BCUT2D eigenvalue weighted by atomic mass is 127. The molecule has 2 aromatic rings. The summed E-state index contributed by atoms with van der Waals surface area (Å²) in [7, 11) is 3.46. The van der Waals surface area contributed by atoms with Gasteiger partial charge >= 0.3 is 0 Å². The van der Waals surface area contributed by atoms with Crippen LogP contribution in [0.4, 0.5) is 5.69 Å². The van der Waals surface area contributed by atoms with Gasteiger partial charge in [0.1, 0.15) is 5.75 Å². The zero-order valence-corrected chi connectivity index (χ0v) is 21.9. The maximum Gasteiger partial charge on any atom is 0.195 e. The molecule has 2 aromatic carbocycles. The second-order valence-corrected chi connectivity index (χ2v) is 7.71. The lowest BCUT2D eigenvalue weighted by molar-refractivity contribution is -0.0390.